The van der Waals surface area contributed by atoms with Gasteiger partial charge in [-0.2, -0.15) is 4.31 Å². The fourth-order valence-corrected chi connectivity index (χ4v) is 4.65. The average Bonchev–Trinajstić information content (AvgIpc) is 2.40. The summed E-state index contributed by atoms with van der Waals surface area (Å²) in [6.07, 6.45) is -0.159. The van der Waals surface area contributed by atoms with E-state index in [1.807, 2.05) is 33.9 Å². The normalized spacial score (nSPS) is 24.2. The van der Waals surface area contributed by atoms with E-state index in [0.29, 0.717) is 24.5 Å². The van der Waals surface area contributed by atoms with Crippen molar-refractivity contribution < 1.29 is 13.2 Å². The van der Waals surface area contributed by atoms with Crippen LogP contribution in [0.2, 0.25) is 0 Å². The Labute approximate surface area is 127 Å². The van der Waals surface area contributed by atoms with E-state index in [2.05, 4.69) is 5.32 Å². The second-order valence-electron chi connectivity index (χ2n) is 5.65. The molecule has 0 bridgehead atoms. The van der Waals surface area contributed by atoms with Crippen molar-refractivity contribution in [3.63, 3.8) is 0 Å². The lowest BCUT2D eigenvalue weighted by Gasteiger charge is -2.34. The molecule has 6 heteroatoms. The molecule has 1 aliphatic heterocycles. The molecule has 0 aromatic heterocycles. The summed E-state index contributed by atoms with van der Waals surface area (Å²) in [5, 5.41) is 3.07. The summed E-state index contributed by atoms with van der Waals surface area (Å²) in [6.45, 7) is 7.15. The van der Waals surface area contributed by atoms with Gasteiger partial charge < -0.3 is 10.1 Å². The van der Waals surface area contributed by atoms with Crippen molar-refractivity contribution in [2.24, 2.45) is 0 Å². The zero-order chi connectivity index (χ0) is 15.6. The van der Waals surface area contributed by atoms with E-state index in [-0.39, 0.29) is 12.2 Å². The topological polar surface area (TPSA) is 58.6 Å². The van der Waals surface area contributed by atoms with Crippen LogP contribution < -0.4 is 5.32 Å². The largest absolute Gasteiger partial charge is 0.373 e. The molecule has 118 valence electrons. The quantitative estimate of drug-likeness (QED) is 0.915. The molecule has 2 atom stereocenters. The van der Waals surface area contributed by atoms with Crippen molar-refractivity contribution in [3.05, 3.63) is 29.3 Å². The minimum absolute atomic E-state index is 0.0793. The van der Waals surface area contributed by atoms with E-state index in [1.165, 1.54) is 4.31 Å². The van der Waals surface area contributed by atoms with Crippen LogP contribution in [0.15, 0.2) is 23.1 Å². The first kappa shape index (κ1) is 16.4. The molecular weight excluding hydrogens is 288 g/mol. The number of nitrogens with zero attached hydrogens (tertiary/aromatic N) is 1. The van der Waals surface area contributed by atoms with Gasteiger partial charge in [-0.05, 0) is 45.0 Å². The molecule has 21 heavy (non-hydrogen) atoms. The number of benzene rings is 1. The third kappa shape index (κ3) is 3.45. The summed E-state index contributed by atoms with van der Waals surface area (Å²) < 4.78 is 33.0. The van der Waals surface area contributed by atoms with E-state index >= 15 is 0 Å². The Hall–Kier alpha value is -0.950. The molecule has 1 heterocycles. The Morgan fingerprint density at radius 1 is 1.29 bits per heavy atom. The lowest BCUT2D eigenvalue weighted by Crippen LogP contribution is -2.48. The number of sulfonamides is 1. The van der Waals surface area contributed by atoms with Crippen LogP contribution in [0, 0.1) is 6.92 Å². The maximum atomic E-state index is 12.9. The molecule has 1 saturated heterocycles. The lowest BCUT2D eigenvalue weighted by atomic mass is 10.1. The molecular formula is C15H24N2O3S. The predicted octanol–water partition coefficient (Wildman–Crippen LogP) is 1.51. The molecule has 1 aromatic carbocycles. The van der Waals surface area contributed by atoms with Crippen LogP contribution in [0.1, 0.15) is 25.0 Å². The lowest BCUT2D eigenvalue weighted by molar-refractivity contribution is -0.0440. The summed E-state index contributed by atoms with van der Waals surface area (Å²) in [6, 6.07) is 5.45. The highest BCUT2D eigenvalue weighted by molar-refractivity contribution is 7.89. The zero-order valence-electron chi connectivity index (χ0n) is 13.1. The van der Waals surface area contributed by atoms with E-state index in [9.17, 15) is 8.42 Å². The minimum Gasteiger partial charge on any atom is -0.373 e. The molecule has 0 spiro atoms. The van der Waals surface area contributed by atoms with Crippen LogP contribution in [0.25, 0.3) is 0 Å². The monoisotopic (exact) mass is 312 g/mol. The second-order valence-corrected chi connectivity index (χ2v) is 7.56. The third-order valence-electron chi connectivity index (χ3n) is 3.77. The molecule has 5 nitrogen and oxygen atoms in total. The maximum Gasteiger partial charge on any atom is 0.243 e. The van der Waals surface area contributed by atoms with E-state index in [0.717, 1.165) is 11.1 Å². The highest BCUT2D eigenvalue weighted by Gasteiger charge is 2.33. The van der Waals surface area contributed by atoms with Gasteiger partial charge >= 0.3 is 0 Å². The molecule has 1 N–H and O–H groups in total. The van der Waals surface area contributed by atoms with Crippen molar-refractivity contribution in [2.75, 3.05) is 20.1 Å². The molecule has 2 rings (SSSR count). The Kier molecular flexibility index (Phi) is 5.03. The van der Waals surface area contributed by atoms with Gasteiger partial charge in [-0.1, -0.05) is 12.1 Å². The van der Waals surface area contributed by atoms with Crippen LogP contribution >= 0.6 is 0 Å². The van der Waals surface area contributed by atoms with Gasteiger partial charge in [0.25, 0.3) is 0 Å². The van der Waals surface area contributed by atoms with Crippen LogP contribution in [0.4, 0.5) is 0 Å². The first-order valence-electron chi connectivity index (χ1n) is 7.25. The van der Waals surface area contributed by atoms with Crippen LogP contribution in [0.3, 0.4) is 0 Å². The number of ether oxygens (including phenoxy) is 1. The number of hydrogen-bond acceptors (Lipinski definition) is 4. The summed E-state index contributed by atoms with van der Waals surface area (Å²) in [5.41, 5.74) is 1.83. The van der Waals surface area contributed by atoms with Crippen molar-refractivity contribution in [1.82, 2.24) is 9.62 Å². The first-order valence-corrected chi connectivity index (χ1v) is 8.69. The number of morpholine rings is 1. The van der Waals surface area contributed by atoms with E-state index in [1.54, 1.807) is 12.1 Å². The third-order valence-corrected chi connectivity index (χ3v) is 5.74. The molecule has 0 aliphatic carbocycles. The van der Waals surface area contributed by atoms with Crippen LogP contribution in [-0.2, 0) is 21.3 Å². The summed E-state index contributed by atoms with van der Waals surface area (Å²) in [5.74, 6) is 0. The van der Waals surface area contributed by atoms with Gasteiger partial charge in [-0.25, -0.2) is 8.42 Å². The summed E-state index contributed by atoms with van der Waals surface area (Å²) in [4.78, 5) is 0.400. The van der Waals surface area contributed by atoms with Crippen LogP contribution in [-0.4, -0.2) is 45.1 Å². The minimum atomic E-state index is -3.47. The maximum absolute atomic E-state index is 12.9. The zero-order valence-corrected chi connectivity index (χ0v) is 13.9. The summed E-state index contributed by atoms with van der Waals surface area (Å²) in [7, 11) is -1.62. The van der Waals surface area contributed by atoms with Gasteiger partial charge in [-0.15, -0.1) is 0 Å². The Balaban J connectivity index is 2.37. The van der Waals surface area contributed by atoms with Crippen molar-refractivity contribution >= 4 is 10.0 Å². The Bertz CT molecular complexity index is 591. The Morgan fingerprint density at radius 3 is 2.48 bits per heavy atom. The molecule has 1 fully saturated rings. The van der Waals surface area contributed by atoms with Crippen molar-refractivity contribution in [3.8, 4) is 0 Å². The van der Waals surface area contributed by atoms with Crippen molar-refractivity contribution in [2.45, 2.75) is 44.4 Å². The average molecular weight is 312 g/mol. The molecule has 1 aromatic rings. The SMILES string of the molecule is CNCc1cccc(S(=O)(=O)N2C[C@@H](C)O[C@@H](C)C2)c1C. The molecule has 1 aliphatic rings. The highest BCUT2D eigenvalue weighted by atomic mass is 32.2. The summed E-state index contributed by atoms with van der Waals surface area (Å²) >= 11 is 0. The van der Waals surface area contributed by atoms with Gasteiger partial charge in [0.15, 0.2) is 0 Å². The van der Waals surface area contributed by atoms with Gasteiger partial charge in [-0.3, -0.25) is 0 Å². The second kappa shape index (κ2) is 6.44. The first-order chi connectivity index (χ1) is 9.86. The van der Waals surface area contributed by atoms with Crippen molar-refractivity contribution in [1.29, 1.82) is 0 Å². The molecule has 0 saturated carbocycles. The van der Waals surface area contributed by atoms with Gasteiger partial charge in [0, 0.05) is 19.6 Å². The molecule has 0 radical (unpaired) electrons. The number of hydrogen-bond donors (Lipinski definition) is 1. The van der Waals surface area contributed by atoms with Crippen LogP contribution in [0.5, 0.6) is 0 Å². The smallest absolute Gasteiger partial charge is 0.243 e. The van der Waals surface area contributed by atoms with Gasteiger partial charge in [0.1, 0.15) is 0 Å². The Morgan fingerprint density at radius 2 is 1.90 bits per heavy atom. The predicted molar refractivity (Wildman–Crippen MR) is 82.7 cm³/mol. The fourth-order valence-electron chi connectivity index (χ4n) is 2.79. The standard InChI is InChI=1S/C15H24N2O3S/c1-11-9-17(10-12(2)20-11)21(18,19)15-7-5-6-14(8-16-4)13(15)3/h5-7,11-12,16H,8-10H2,1-4H3/t11-,12+. The van der Waals surface area contributed by atoms with Gasteiger partial charge in [0.2, 0.25) is 10.0 Å². The number of rotatable bonds is 4. The highest BCUT2D eigenvalue weighted by Crippen LogP contribution is 2.25. The number of nitrogens with one attached hydrogen (secondary N) is 1. The molecule has 0 unspecified atom stereocenters. The van der Waals surface area contributed by atoms with E-state index < -0.39 is 10.0 Å². The fraction of sp³-hybridized carbons (Fsp3) is 0.600. The van der Waals surface area contributed by atoms with Gasteiger partial charge in [0.05, 0.1) is 17.1 Å². The van der Waals surface area contributed by atoms with E-state index in [4.69, 9.17) is 4.74 Å². The molecule has 0 amide bonds.